The van der Waals surface area contributed by atoms with Crippen molar-refractivity contribution in [3.63, 3.8) is 0 Å². The SMILES string of the molecule is C=CC(=O)c1ccc(-c2cc(OCCCCC(=O)OCC)c(F)cc2OC)c(CN2C(=O)OC(c3cc(C(F)(F)F)cc(C(F)(F)F)c3)C2C)c1.CC. The fourth-order valence-corrected chi connectivity index (χ4v) is 5.56. The van der Waals surface area contributed by atoms with E-state index in [-0.39, 0.29) is 66.4 Å². The van der Waals surface area contributed by atoms with Gasteiger partial charge in [-0.25, -0.2) is 9.18 Å². The summed E-state index contributed by atoms with van der Waals surface area (Å²) in [6.45, 7) is 10.5. The van der Waals surface area contributed by atoms with Crippen molar-refractivity contribution in [3.05, 3.63) is 94.8 Å². The molecule has 0 spiro atoms. The van der Waals surface area contributed by atoms with E-state index in [1.54, 1.807) is 6.92 Å². The lowest BCUT2D eigenvalue weighted by Crippen LogP contribution is -2.31. The smallest absolute Gasteiger partial charge is 0.416 e. The quantitative estimate of drug-likeness (QED) is 0.0532. The maximum Gasteiger partial charge on any atom is 0.416 e. The molecule has 8 nitrogen and oxygen atoms in total. The van der Waals surface area contributed by atoms with Crippen LogP contribution in [0.1, 0.15) is 85.7 Å². The second-order valence-electron chi connectivity index (χ2n) is 11.5. The first kappa shape index (κ1) is 42.3. The van der Waals surface area contributed by atoms with E-state index >= 15 is 4.39 Å². The number of benzene rings is 3. The van der Waals surface area contributed by atoms with Gasteiger partial charge in [-0.3, -0.25) is 14.5 Å². The molecule has 3 aromatic rings. The molecule has 0 bridgehead atoms. The largest absolute Gasteiger partial charge is 0.496 e. The Morgan fingerprint density at radius 1 is 0.925 bits per heavy atom. The van der Waals surface area contributed by atoms with Gasteiger partial charge in [-0.05, 0) is 79.8 Å². The molecule has 1 aliphatic heterocycles. The Kier molecular flexibility index (Phi) is 14.5. The van der Waals surface area contributed by atoms with Crippen LogP contribution in [-0.2, 0) is 33.2 Å². The molecule has 53 heavy (non-hydrogen) atoms. The first-order valence-corrected chi connectivity index (χ1v) is 16.7. The van der Waals surface area contributed by atoms with Crippen molar-refractivity contribution < 1.29 is 64.1 Å². The van der Waals surface area contributed by atoms with Crippen LogP contribution in [-0.4, -0.2) is 49.1 Å². The van der Waals surface area contributed by atoms with Crippen LogP contribution in [0, 0.1) is 5.82 Å². The van der Waals surface area contributed by atoms with Crippen molar-refractivity contribution in [3.8, 4) is 22.6 Å². The molecule has 0 aromatic heterocycles. The summed E-state index contributed by atoms with van der Waals surface area (Å²) in [5.74, 6) is -1.74. The molecular formula is C38H40F7NO7. The van der Waals surface area contributed by atoms with Crippen LogP contribution in [0.25, 0.3) is 11.1 Å². The molecule has 1 saturated heterocycles. The zero-order valence-corrected chi connectivity index (χ0v) is 29.8. The zero-order chi connectivity index (χ0) is 39.7. The summed E-state index contributed by atoms with van der Waals surface area (Å²) >= 11 is 0. The third-order valence-corrected chi connectivity index (χ3v) is 8.13. The number of carbonyl (C=O) groups excluding carboxylic acids is 3. The second-order valence-corrected chi connectivity index (χ2v) is 11.5. The minimum Gasteiger partial charge on any atom is -0.496 e. The normalized spacial score (nSPS) is 15.6. The standard InChI is InChI=1S/C36H34F7NO7.C2H6/c1-5-29(45)21-10-11-26(27-17-31(28(37)18-30(27)48-4)50-12-8-7-9-32(46)49-6-2)23(13-21)19-44-20(3)33(51-34(44)47)22-14-24(35(38,39)40)16-25(15-22)36(41,42)43;1-2/h5,10-11,13-18,20,33H,1,6-9,12,19H2,2-4H3;1-2H3. The Labute approximate surface area is 302 Å². The number of nitrogens with zero attached hydrogens (tertiary/aromatic N) is 1. The predicted molar refractivity (Wildman–Crippen MR) is 181 cm³/mol. The summed E-state index contributed by atoms with van der Waals surface area (Å²) in [6.07, 6.45) is -10.8. The minimum atomic E-state index is -5.12. The fraction of sp³-hybridized carbons (Fsp3) is 0.395. The van der Waals surface area contributed by atoms with Gasteiger partial charge in [0, 0.05) is 23.6 Å². The van der Waals surface area contributed by atoms with Crippen LogP contribution < -0.4 is 9.47 Å². The van der Waals surface area contributed by atoms with E-state index in [1.807, 2.05) is 13.8 Å². The van der Waals surface area contributed by atoms with Gasteiger partial charge in [0.25, 0.3) is 0 Å². The third-order valence-electron chi connectivity index (χ3n) is 8.13. The van der Waals surface area contributed by atoms with Crippen molar-refractivity contribution >= 4 is 17.8 Å². The van der Waals surface area contributed by atoms with E-state index in [2.05, 4.69) is 6.58 Å². The Balaban J connectivity index is 0.00000372. The maximum absolute atomic E-state index is 15.1. The lowest BCUT2D eigenvalue weighted by atomic mass is 9.94. The molecule has 1 amide bonds. The molecule has 2 unspecified atom stereocenters. The molecule has 0 N–H and O–H groups in total. The molecule has 0 saturated carbocycles. The molecule has 288 valence electrons. The highest BCUT2D eigenvalue weighted by molar-refractivity contribution is 6.04. The van der Waals surface area contributed by atoms with Crippen LogP contribution in [0.4, 0.5) is 35.5 Å². The molecule has 15 heteroatoms. The van der Waals surface area contributed by atoms with Crippen LogP contribution in [0.5, 0.6) is 11.5 Å². The molecule has 1 heterocycles. The monoisotopic (exact) mass is 755 g/mol. The van der Waals surface area contributed by atoms with Crippen molar-refractivity contribution in [1.82, 2.24) is 4.90 Å². The molecule has 2 atom stereocenters. The van der Waals surface area contributed by atoms with Gasteiger partial charge in [-0.15, -0.1) is 0 Å². The number of methoxy groups -OCH3 is 1. The second kappa shape index (κ2) is 18.1. The number of ketones is 1. The Hall–Kier alpha value is -5.08. The number of unbranched alkanes of at least 4 members (excludes halogenated alkanes) is 1. The van der Waals surface area contributed by atoms with Crippen molar-refractivity contribution in [2.75, 3.05) is 20.3 Å². The highest BCUT2D eigenvalue weighted by atomic mass is 19.4. The van der Waals surface area contributed by atoms with Gasteiger partial charge in [0.15, 0.2) is 17.3 Å². The van der Waals surface area contributed by atoms with Crippen LogP contribution in [0.3, 0.4) is 0 Å². The van der Waals surface area contributed by atoms with Gasteiger partial charge in [-0.1, -0.05) is 32.6 Å². The number of alkyl halides is 6. The molecule has 0 radical (unpaired) electrons. The van der Waals surface area contributed by atoms with Gasteiger partial charge in [0.1, 0.15) is 11.9 Å². The van der Waals surface area contributed by atoms with E-state index in [9.17, 15) is 40.7 Å². The van der Waals surface area contributed by atoms with Crippen LogP contribution in [0.15, 0.2) is 61.2 Å². The number of halogens is 7. The highest BCUT2D eigenvalue weighted by Gasteiger charge is 2.43. The lowest BCUT2D eigenvalue weighted by Gasteiger charge is -2.24. The molecular weight excluding hydrogens is 715 g/mol. The van der Waals surface area contributed by atoms with Crippen LogP contribution in [0.2, 0.25) is 0 Å². The van der Waals surface area contributed by atoms with Gasteiger partial charge >= 0.3 is 24.4 Å². The number of cyclic esters (lactones) is 1. The Bertz CT molecular complexity index is 1760. The van der Waals surface area contributed by atoms with Gasteiger partial charge < -0.3 is 18.9 Å². The van der Waals surface area contributed by atoms with Crippen molar-refractivity contribution in [2.24, 2.45) is 0 Å². The number of hydrogen-bond donors (Lipinski definition) is 0. The summed E-state index contributed by atoms with van der Waals surface area (Å²) in [5, 5.41) is 0. The summed E-state index contributed by atoms with van der Waals surface area (Å²) < 4.78 is 118. The van der Waals surface area contributed by atoms with E-state index < -0.39 is 58.9 Å². The fourth-order valence-electron chi connectivity index (χ4n) is 5.56. The number of allylic oxidation sites excluding steroid dienone is 1. The van der Waals surface area contributed by atoms with Gasteiger partial charge in [-0.2, -0.15) is 26.3 Å². The average molecular weight is 756 g/mol. The van der Waals surface area contributed by atoms with Crippen molar-refractivity contribution in [2.45, 2.75) is 78.0 Å². The van der Waals surface area contributed by atoms with E-state index in [0.717, 1.165) is 17.0 Å². The number of hydrogen-bond acceptors (Lipinski definition) is 7. The molecule has 3 aromatic carbocycles. The molecule has 1 fully saturated rings. The first-order valence-electron chi connectivity index (χ1n) is 16.7. The minimum absolute atomic E-state index is 0.0192. The molecule has 0 aliphatic carbocycles. The van der Waals surface area contributed by atoms with Gasteiger partial charge in [0.05, 0.1) is 44.0 Å². The number of esters is 1. The van der Waals surface area contributed by atoms with Gasteiger partial charge in [0.2, 0.25) is 0 Å². The number of carbonyl (C=O) groups is 3. The molecule has 1 aliphatic rings. The molecule has 4 rings (SSSR count). The summed E-state index contributed by atoms with van der Waals surface area (Å²) in [7, 11) is 1.29. The average Bonchev–Trinajstić information content (AvgIpc) is 3.40. The lowest BCUT2D eigenvalue weighted by molar-refractivity contribution is -0.144. The highest BCUT2D eigenvalue weighted by Crippen LogP contribution is 2.43. The Morgan fingerprint density at radius 2 is 1.57 bits per heavy atom. The number of rotatable bonds is 14. The summed E-state index contributed by atoms with van der Waals surface area (Å²) in [4.78, 5) is 38.5. The number of ether oxygens (including phenoxy) is 4. The topological polar surface area (TPSA) is 91.4 Å². The van der Waals surface area contributed by atoms with E-state index in [1.165, 1.54) is 38.3 Å². The van der Waals surface area contributed by atoms with E-state index in [0.29, 0.717) is 30.5 Å². The summed E-state index contributed by atoms with van der Waals surface area (Å²) in [5.41, 5.74) is -2.61. The van der Waals surface area contributed by atoms with Crippen molar-refractivity contribution in [1.29, 1.82) is 0 Å². The predicted octanol–water partition coefficient (Wildman–Crippen LogP) is 10.1. The van der Waals surface area contributed by atoms with E-state index in [4.69, 9.17) is 18.9 Å². The Morgan fingerprint density at radius 3 is 2.13 bits per heavy atom. The first-order chi connectivity index (χ1) is 25.0. The third kappa shape index (κ3) is 10.5. The summed E-state index contributed by atoms with van der Waals surface area (Å²) in [6, 6.07) is 6.72. The van der Waals surface area contributed by atoms with Crippen LogP contribution >= 0.6 is 0 Å². The number of amides is 1. The maximum atomic E-state index is 15.1. The zero-order valence-electron chi connectivity index (χ0n) is 29.8.